The third-order valence-corrected chi connectivity index (χ3v) is 2.57. The number of primary amides is 1. The first kappa shape index (κ1) is 11.7. The summed E-state index contributed by atoms with van der Waals surface area (Å²) in [5.74, 6) is -0.641. The molecule has 12 heavy (non-hydrogen) atoms. The molecule has 0 spiro atoms. The van der Waals surface area contributed by atoms with Crippen LogP contribution in [0.3, 0.4) is 0 Å². The van der Waals surface area contributed by atoms with E-state index >= 15 is 0 Å². The van der Waals surface area contributed by atoms with Gasteiger partial charge in [-0.05, 0) is 0 Å². The van der Waals surface area contributed by atoms with Crippen LogP contribution < -0.4 is 5.73 Å². The topological polar surface area (TPSA) is 55.5 Å². The van der Waals surface area contributed by atoms with E-state index in [-0.39, 0.29) is 5.57 Å². The van der Waals surface area contributed by atoms with E-state index in [9.17, 15) is 4.79 Å². The summed E-state index contributed by atoms with van der Waals surface area (Å²) in [4.78, 5) is 14.6. The van der Waals surface area contributed by atoms with Gasteiger partial charge in [0.2, 0.25) is 0 Å². The van der Waals surface area contributed by atoms with Crippen molar-refractivity contribution in [3.63, 3.8) is 0 Å². The Balaban J connectivity index is 4.48. The van der Waals surface area contributed by atoms with Gasteiger partial charge in [-0.25, -0.2) is 0 Å². The van der Waals surface area contributed by atoms with E-state index in [0.717, 1.165) is 3.68 Å². The minimum atomic E-state index is -0.641. The van der Waals surface area contributed by atoms with Gasteiger partial charge in [0, 0.05) is 0 Å². The Labute approximate surface area is 85.0 Å². The SMILES string of the molecule is [CH-]=C(C(N)=O)/C(C)=N\[C](=[V])SC. The molecule has 0 bridgehead atoms. The van der Waals surface area contributed by atoms with Crippen molar-refractivity contribution >= 4 is 27.1 Å². The number of thioether (sulfide) groups is 1. The Hall–Kier alpha value is -0.316. The maximum absolute atomic E-state index is 10.6. The summed E-state index contributed by atoms with van der Waals surface area (Å²) in [6, 6.07) is 0. The van der Waals surface area contributed by atoms with Crippen LogP contribution in [0.1, 0.15) is 6.92 Å². The van der Waals surface area contributed by atoms with Crippen molar-refractivity contribution in [1.82, 2.24) is 0 Å². The van der Waals surface area contributed by atoms with Crippen molar-refractivity contribution in [2.45, 2.75) is 6.92 Å². The molecule has 5 heteroatoms. The van der Waals surface area contributed by atoms with E-state index in [0.29, 0.717) is 5.71 Å². The predicted octanol–water partition coefficient (Wildman–Crippen LogP) is 0.289. The second-order valence-corrected chi connectivity index (χ2v) is 3.90. The summed E-state index contributed by atoms with van der Waals surface area (Å²) in [7, 11) is 0. The van der Waals surface area contributed by atoms with Crippen LogP contribution in [0.15, 0.2) is 10.6 Å². The molecule has 3 nitrogen and oxygen atoms in total. The van der Waals surface area contributed by atoms with Gasteiger partial charge in [0.15, 0.2) is 0 Å². The van der Waals surface area contributed by atoms with Crippen LogP contribution in [0.2, 0.25) is 0 Å². The van der Waals surface area contributed by atoms with Gasteiger partial charge >= 0.3 is 84.9 Å². The van der Waals surface area contributed by atoms with E-state index in [2.05, 4.69) is 22.0 Å². The first-order chi connectivity index (χ1) is 5.49. The normalized spacial score (nSPS) is 10.9. The summed E-state index contributed by atoms with van der Waals surface area (Å²) in [5.41, 5.74) is 5.41. The summed E-state index contributed by atoms with van der Waals surface area (Å²) in [6.07, 6.45) is 1.88. The molecule has 1 amide bonds. The molecule has 0 radical (unpaired) electrons. The molecule has 0 aromatic heterocycles. The van der Waals surface area contributed by atoms with Crippen molar-refractivity contribution in [3.05, 3.63) is 12.2 Å². The van der Waals surface area contributed by atoms with Gasteiger partial charge in [-0.1, -0.05) is 0 Å². The monoisotopic (exact) mass is 220 g/mol. The molecule has 0 aliphatic heterocycles. The molecule has 0 unspecified atom stereocenters. The molecule has 2 N–H and O–H groups in total. The molecule has 0 aliphatic carbocycles. The van der Waals surface area contributed by atoms with Gasteiger partial charge in [0.1, 0.15) is 0 Å². The van der Waals surface area contributed by atoms with E-state index < -0.39 is 5.91 Å². The quantitative estimate of drug-likeness (QED) is 0.420. The number of carbonyl (C=O) groups excluding carboxylic acids is 1. The Morgan fingerprint density at radius 3 is 2.50 bits per heavy atom. The van der Waals surface area contributed by atoms with Crippen LogP contribution in [0.4, 0.5) is 0 Å². The average molecular weight is 220 g/mol. The number of rotatable bonds is 4. The Morgan fingerprint density at radius 1 is 1.67 bits per heavy atom. The Bertz CT molecular complexity index is 260. The molecule has 0 rings (SSSR count). The Kier molecular flexibility index (Phi) is 5.21. The number of hydrogen-bond donors (Lipinski definition) is 1. The van der Waals surface area contributed by atoms with Crippen molar-refractivity contribution in [2.24, 2.45) is 10.7 Å². The van der Waals surface area contributed by atoms with Crippen LogP contribution in [-0.2, 0) is 21.8 Å². The third kappa shape index (κ3) is 3.90. The first-order valence-corrected chi connectivity index (χ1v) is 4.99. The van der Waals surface area contributed by atoms with Crippen molar-refractivity contribution in [2.75, 3.05) is 6.26 Å². The van der Waals surface area contributed by atoms with Gasteiger partial charge in [-0.2, -0.15) is 0 Å². The van der Waals surface area contributed by atoms with E-state index in [1.54, 1.807) is 6.92 Å². The molecule has 0 aromatic carbocycles. The molecular formula is C7H9N2OSV-. The molecule has 0 saturated carbocycles. The van der Waals surface area contributed by atoms with Crippen molar-refractivity contribution in [3.8, 4) is 0 Å². The standard InChI is InChI=1S/C7H9N2OS.V/c1-5(7(8)10)6(2)9-4-11-3;/h1H,2-3H3,(H2,8,10);/q-1;. The van der Waals surface area contributed by atoms with E-state index in [1.807, 2.05) is 6.26 Å². The number of amides is 1. The fourth-order valence-corrected chi connectivity index (χ4v) is 0.890. The van der Waals surface area contributed by atoms with E-state index in [4.69, 9.17) is 12.3 Å². The fourth-order valence-electron chi connectivity index (χ4n) is 0.428. The maximum atomic E-state index is 10.6. The molecule has 0 heterocycles. The molecule has 0 saturated heterocycles. The fraction of sp³-hybridized carbons (Fsp3) is 0.286. The Morgan fingerprint density at radius 2 is 2.17 bits per heavy atom. The van der Waals surface area contributed by atoms with Gasteiger partial charge in [-0.15, -0.1) is 0 Å². The van der Waals surface area contributed by atoms with Crippen LogP contribution in [0.5, 0.6) is 0 Å². The predicted molar refractivity (Wildman–Crippen MR) is 48.6 cm³/mol. The molecule has 0 fully saturated rings. The summed E-state index contributed by atoms with van der Waals surface area (Å²) in [5, 5.41) is 0. The van der Waals surface area contributed by atoms with Gasteiger partial charge in [0.25, 0.3) is 0 Å². The van der Waals surface area contributed by atoms with Crippen LogP contribution in [0.25, 0.3) is 0 Å². The summed E-state index contributed by atoms with van der Waals surface area (Å²) >= 11 is 3.74. The number of nitrogens with zero attached hydrogens (tertiary/aromatic N) is 1. The zero-order chi connectivity index (χ0) is 9.72. The minimum absolute atomic E-state index is 0.00704. The molecule has 0 atom stereocenters. The van der Waals surface area contributed by atoms with Crippen LogP contribution in [-0.4, -0.2) is 21.6 Å². The zero-order valence-electron chi connectivity index (χ0n) is 6.87. The van der Waals surface area contributed by atoms with Gasteiger partial charge < -0.3 is 0 Å². The number of aliphatic imine (C=N–C) groups is 1. The van der Waals surface area contributed by atoms with Crippen LogP contribution in [0, 0.1) is 6.58 Å². The molecule has 0 aromatic rings. The number of nitrogens with two attached hydrogens (primary N) is 1. The number of hydrogen-bond acceptors (Lipinski definition) is 3. The van der Waals surface area contributed by atoms with Crippen LogP contribution >= 0.6 is 11.8 Å². The third-order valence-electron chi connectivity index (χ3n) is 1.10. The summed E-state index contributed by atoms with van der Waals surface area (Å²) in [6.45, 7) is 6.99. The summed E-state index contributed by atoms with van der Waals surface area (Å²) < 4.78 is 0.782. The van der Waals surface area contributed by atoms with Crippen molar-refractivity contribution in [1.29, 1.82) is 0 Å². The van der Waals surface area contributed by atoms with Crippen molar-refractivity contribution < 1.29 is 21.8 Å². The van der Waals surface area contributed by atoms with Gasteiger partial charge in [0.05, 0.1) is 0 Å². The second kappa shape index (κ2) is 5.35. The van der Waals surface area contributed by atoms with E-state index in [1.165, 1.54) is 11.8 Å². The number of carbonyl (C=O) groups is 1. The zero-order valence-corrected chi connectivity index (χ0v) is 9.08. The first-order valence-electron chi connectivity index (χ1n) is 3.06. The second-order valence-electron chi connectivity index (χ2n) is 1.96. The van der Waals surface area contributed by atoms with Gasteiger partial charge in [-0.3, -0.25) is 0 Å². The molecular weight excluding hydrogens is 211 g/mol. The molecule has 0 aliphatic rings. The average Bonchev–Trinajstić information content (AvgIpc) is 2.02. The molecule has 65 valence electrons.